The monoisotopic (exact) mass is 235 g/mol. The van der Waals surface area contributed by atoms with Crippen LogP contribution in [0.5, 0.6) is 0 Å². The molecule has 0 bridgehead atoms. The number of furan rings is 1. The number of hydrogen-bond donors (Lipinski definition) is 0. The Balaban J connectivity index is 2.38. The summed E-state index contributed by atoms with van der Waals surface area (Å²) in [5.41, 5.74) is 0.941. The van der Waals surface area contributed by atoms with Crippen molar-refractivity contribution < 1.29 is 13.9 Å². The van der Waals surface area contributed by atoms with E-state index < -0.39 is 5.97 Å². The van der Waals surface area contributed by atoms with Crippen molar-refractivity contribution in [1.82, 2.24) is 14.8 Å². The average Bonchev–Trinajstić information content (AvgIpc) is 2.85. The number of ether oxygens (including phenoxy) is 1. The summed E-state index contributed by atoms with van der Waals surface area (Å²) in [6.07, 6.45) is 1.57. The second-order valence-electron chi connectivity index (χ2n) is 3.54. The first kappa shape index (κ1) is 11.4. The molecule has 90 valence electrons. The largest absolute Gasteiger partial charge is 0.461 e. The van der Waals surface area contributed by atoms with Crippen molar-refractivity contribution in [3.05, 3.63) is 23.7 Å². The van der Waals surface area contributed by atoms with E-state index in [4.69, 9.17) is 9.15 Å². The van der Waals surface area contributed by atoms with Crippen molar-refractivity contribution in [2.75, 3.05) is 6.61 Å². The molecule has 6 nitrogen and oxygen atoms in total. The van der Waals surface area contributed by atoms with E-state index in [1.54, 1.807) is 20.2 Å². The summed E-state index contributed by atoms with van der Waals surface area (Å²) in [5.74, 6) is 0.629. The summed E-state index contributed by atoms with van der Waals surface area (Å²) < 4.78 is 11.6. The molecule has 0 aliphatic rings. The Labute approximate surface area is 98.2 Å². The molecule has 0 aromatic carbocycles. The molecule has 0 fully saturated rings. The Morgan fingerprint density at radius 2 is 2.35 bits per heavy atom. The zero-order valence-electron chi connectivity index (χ0n) is 9.93. The van der Waals surface area contributed by atoms with Crippen molar-refractivity contribution in [2.24, 2.45) is 7.05 Å². The fraction of sp³-hybridized carbons (Fsp3) is 0.364. The van der Waals surface area contributed by atoms with Gasteiger partial charge >= 0.3 is 5.97 Å². The van der Waals surface area contributed by atoms with Gasteiger partial charge in [-0.25, -0.2) is 9.48 Å². The Hall–Kier alpha value is -2.11. The first-order chi connectivity index (χ1) is 8.13. The van der Waals surface area contributed by atoms with E-state index in [2.05, 4.69) is 10.1 Å². The van der Waals surface area contributed by atoms with Crippen LogP contribution in [0.2, 0.25) is 0 Å². The standard InChI is InChI=1S/C11H13N3O3/c1-4-16-11(15)9-12-10(14(3)13-9)8-7(2)5-6-17-8/h5-6H,4H2,1-3H3. The Morgan fingerprint density at radius 1 is 1.59 bits per heavy atom. The van der Waals surface area contributed by atoms with Crippen LogP contribution in [-0.2, 0) is 11.8 Å². The lowest BCUT2D eigenvalue weighted by Gasteiger charge is -1.95. The SMILES string of the molecule is CCOC(=O)c1nc(-c2occc2C)n(C)n1. The number of aryl methyl sites for hydroxylation is 2. The first-order valence-corrected chi connectivity index (χ1v) is 5.26. The van der Waals surface area contributed by atoms with Crippen molar-refractivity contribution in [1.29, 1.82) is 0 Å². The lowest BCUT2D eigenvalue weighted by atomic mass is 10.3. The van der Waals surface area contributed by atoms with Crippen LogP contribution in [0, 0.1) is 6.92 Å². The smallest absolute Gasteiger partial charge is 0.378 e. The van der Waals surface area contributed by atoms with Gasteiger partial charge in [-0.1, -0.05) is 0 Å². The summed E-state index contributed by atoms with van der Waals surface area (Å²) in [7, 11) is 1.70. The van der Waals surface area contributed by atoms with Crippen LogP contribution in [-0.4, -0.2) is 27.3 Å². The normalized spacial score (nSPS) is 10.5. The molecule has 2 heterocycles. The Morgan fingerprint density at radius 3 is 2.94 bits per heavy atom. The van der Waals surface area contributed by atoms with Gasteiger partial charge in [0, 0.05) is 7.05 Å². The van der Waals surface area contributed by atoms with Crippen molar-refractivity contribution >= 4 is 5.97 Å². The number of carbonyl (C=O) groups excluding carboxylic acids is 1. The molecule has 0 unspecified atom stereocenters. The molecule has 0 atom stereocenters. The van der Waals surface area contributed by atoms with Crippen LogP contribution in [0.4, 0.5) is 0 Å². The van der Waals surface area contributed by atoms with E-state index in [0.29, 0.717) is 18.2 Å². The van der Waals surface area contributed by atoms with Crippen LogP contribution < -0.4 is 0 Å². The zero-order valence-corrected chi connectivity index (χ0v) is 9.93. The summed E-state index contributed by atoms with van der Waals surface area (Å²) in [6, 6.07) is 1.83. The van der Waals surface area contributed by atoms with Crippen LogP contribution in [0.15, 0.2) is 16.7 Å². The van der Waals surface area contributed by atoms with E-state index in [9.17, 15) is 4.79 Å². The molecule has 6 heteroatoms. The highest BCUT2D eigenvalue weighted by molar-refractivity contribution is 5.85. The number of rotatable bonds is 3. The summed E-state index contributed by atoms with van der Waals surface area (Å²) in [4.78, 5) is 15.6. The molecule has 0 aliphatic carbocycles. The molecule has 0 aliphatic heterocycles. The lowest BCUT2D eigenvalue weighted by Crippen LogP contribution is -2.07. The van der Waals surface area contributed by atoms with Crippen LogP contribution in [0.1, 0.15) is 23.1 Å². The Bertz CT molecular complexity index is 542. The van der Waals surface area contributed by atoms with E-state index in [1.165, 1.54) is 4.68 Å². The van der Waals surface area contributed by atoms with Crippen LogP contribution in [0.3, 0.4) is 0 Å². The number of hydrogen-bond acceptors (Lipinski definition) is 5. The van der Waals surface area contributed by atoms with Gasteiger partial charge in [-0.15, -0.1) is 5.10 Å². The minimum Gasteiger partial charge on any atom is -0.461 e. The van der Waals surface area contributed by atoms with E-state index in [0.717, 1.165) is 5.56 Å². The van der Waals surface area contributed by atoms with Gasteiger partial charge in [0.2, 0.25) is 0 Å². The minimum atomic E-state index is -0.529. The second-order valence-corrected chi connectivity index (χ2v) is 3.54. The highest BCUT2D eigenvalue weighted by Gasteiger charge is 2.19. The number of aromatic nitrogens is 3. The third-order valence-corrected chi connectivity index (χ3v) is 2.29. The lowest BCUT2D eigenvalue weighted by molar-refractivity contribution is 0.0512. The van der Waals surface area contributed by atoms with Crippen LogP contribution >= 0.6 is 0 Å². The van der Waals surface area contributed by atoms with E-state index in [-0.39, 0.29) is 5.82 Å². The fourth-order valence-corrected chi connectivity index (χ4v) is 1.47. The second kappa shape index (κ2) is 4.40. The number of esters is 1. The highest BCUT2D eigenvalue weighted by atomic mass is 16.5. The van der Waals surface area contributed by atoms with Gasteiger partial charge in [0.05, 0.1) is 12.9 Å². The molecule has 2 aromatic heterocycles. The van der Waals surface area contributed by atoms with Gasteiger partial charge in [-0.2, -0.15) is 4.98 Å². The summed E-state index contributed by atoms with van der Waals surface area (Å²) in [5, 5.41) is 4.00. The summed E-state index contributed by atoms with van der Waals surface area (Å²) in [6.45, 7) is 3.93. The minimum absolute atomic E-state index is 0.0418. The quantitative estimate of drug-likeness (QED) is 0.755. The van der Waals surface area contributed by atoms with Crippen molar-refractivity contribution in [3.63, 3.8) is 0 Å². The Kier molecular flexibility index (Phi) is 2.95. The van der Waals surface area contributed by atoms with Gasteiger partial charge in [0.15, 0.2) is 11.6 Å². The van der Waals surface area contributed by atoms with Gasteiger partial charge in [-0.3, -0.25) is 0 Å². The predicted octanol–water partition coefficient (Wildman–Crippen LogP) is 1.56. The number of carbonyl (C=O) groups is 1. The molecule has 2 aromatic rings. The molecule has 0 amide bonds. The number of nitrogens with zero attached hydrogens (tertiary/aromatic N) is 3. The summed E-state index contributed by atoms with van der Waals surface area (Å²) >= 11 is 0. The van der Waals surface area contributed by atoms with Gasteiger partial charge in [0.25, 0.3) is 5.82 Å². The average molecular weight is 235 g/mol. The third-order valence-electron chi connectivity index (χ3n) is 2.29. The molecule has 0 radical (unpaired) electrons. The zero-order chi connectivity index (χ0) is 12.4. The third kappa shape index (κ3) is 2.06. The van der Waals surface area contributed by atoms with Crippen LogP contribution in [0.25, 0.3) is 11.6 Å². The molecule has 0 spiro atoms. The van der Waals surface area contributed by atoms with Gasteiger partial charge in [-0.05, 0) is 25.5 Å². The maximum absolute atomic E-state index is 11.5. The molecule has 0 saturated heterocycles. The maximum atomic E-state index is 11.5. The van der Waals surface area contributed by atoms with E-state index >= 15 is 0 Å². The van der Waals surface area contributed by atoms with Gasteiger partial charge < -0.3 is 9.15 Å². The molecule has 2 rings (SSSR count). The predicted molar refractivity (Wildman–Crippen MR) is 59.4 cm³/mol. The maximum Gasteiger partial charge on any atom is 0.378 e. The topological polar surface area (TPSA) is 70.2 Å². The molecular weight excluding hydrogens is 222 g/mol. The van der Waals surface area contributed by atoms with Crippen molar-refractivity contribution in [3.8, 4) is 11.6 Å². The van der Waals surface area contributed by atoms with E-state index in [1.807, 2.05) is 13.0 Å². The van der Waals surface area contributed by atoms with Gasteiger partial charge in [0.1, 0.15) is 0 Å². The fourth-order valence-electron chi connectivity index (χ4n) is 1.47. The molecular formula is C11H13N3O3. The first-order valence-electron chi connectivity index (χ1n) is 5.26. The molecule has 17 heavy (non-hydrogen) atoms. The highest BCUT2D eigenvalue weighted by Crippen LogP contribution is 2.21. The molecule has 0 saturated carbocycles. The molecule has 0 N–H and O–H groups in total. The van der Waals surface area contributed by atoms with Crippen molar-refractivity contribution in [2.45, 2.75) is 13.8 Å².